The molecule has 0 aliphatic carbocycles. The average Bonchev–Trinajstić information content (AvgIpc) is 2.46. The summed E-state index contributed by atoms with van der Waals surface area (Å²) in [4.78, 5) is 10.6. The molecule has 0 aliphatic heterocycles. The molecule has 0 saturated heterocycles. The molecule has 6 heteroatoms. The Bertz CT molecular complexity index is 662. The predicted molar refractivity (Wildman–Crippen MR) is 76.1 cm³/mol. The molecule has 2 rings (SSSR count). The molecule has 0 aromatic heterocycles. The largest absolute Gasteiger partial charge is 0.488 e. The molecule has 0 aliphatic rings. The first-order valence-corrected chi connectivity index (χ1v) is 6.26. The number of halogens is 2. The van der Waals surface area contributed by atoms with E-state index < -0.39 is 5.82 Å². The molecule has 0 heterocycles. The lowest BCUT2D eigenvalue weighted by atomic mass is 10.1. The fourth-order valence-electron chi connectivity index (χ4n) is 1.96. The van der Waals surface area contributed by atoms with Crippen molar-refractivity contribution in [2.24, 2.45) is 5.29 Å². The van der Waals surface area contributed by atoms with Gasteiger partial charge in [-0.05, 0) is 42.8 Å². The van der Waals surface area contributed by atoms with E-state index in [-0.39, 0.29) is 18.0 Å². The third-order valence-electron chi connectivity index (χ3n) is 3.07. The van der Waals surface area contributed by atoms with Crippen LogP contribution in [0.5, 0.6) is 5.75 Å². The summed E-state index contributed by atoms with van der Waals surface area (Å²) in [6.07, 6.45) is 0. The minimum Gasteiger partial charge on any atom is -0.488 e. The zero-order valence-corrected chi connectivity index (χ0v) is 11.6. The maximum Gasteiger partial charge on any atom is 0.131 e. The predicted octanol–water partition coefficient (Wildman–Crippen LogP) is 3.97. The summed E-state index contributed by atoms with van der Waals surface area (Å²) in [6, 6.07) is 8.41. The molecule has 0 N–H and O–H groups in total. The smallest absolute Gasteiger partial charge is 0.131 e. The van der Waals surface area contributed by atoms with Crippen molar-refractivity contribution < 1.29 is 13.5 Å². The van der Waals surface area contributed by atoms with E-state index in [4.69, 9.17) is 4.74 Å². The zero-order valence-electron chi connectivity index (χ0n) is 11.6. The fraction of sp³-hybridized carbons (Fsp3) is 0.200. The van der Waals surface area contributed by atoms with Gasteiger partial charge in [0.25, 0.3) is 0 Å². The van der Waals surface area contributed by atoms with Crippen molar-refractivity contribution >= 4 is 5.69 Å². The van der Waals surface area contributed by atoms with Crippen molar-refractivity contribution in [1.82, 2.24) is 0 Å². The number of nitroso groups, excluding NO2 is 1. The van der Waals surface area contributed by atoms with Crippen LogP contribution in [0, 0.1) is 23.5 Å². The summed E-state index contributed by atoms with van der Waals surface area (Å²) >= 11 is 0. The highest BCUT2D eigenvalue weighted by atomic mass is 19.1. The second-order valence-corrected chi connectivity index (χ2v) is 4.54. The molecule has 110 valence electrons. The van der Waals surface area contributed by atoms with Gasteiger partial charge < -0.3 is 4.74 Å². The lowest BCUT2D eigenvalue weighted by Crippen LogP contribution is -2.12. The van der Waals surface area contributed by atoms with Gasteiger partial charge in [-0.25, -0.2) is 13.8 Å². The number of anilines is 1. The lowest BCUT2D eigenvalue weighted by Gasteiger charge is -2.16. The highest BCUT2D eigenvalue weighted by Crippen LogP contribution is 2.26. The van der Waals surface area contributed by atoms with E-state index in [9.17, 15) is 13.7 Å². The highest BCUT2D eigenvalue weighted by Gasteiger charge is 2.14. The SMILES string of the molecule is Cc1cc(F)ccc1OCc1c(F)cccc1N(C)N=O. The van der Waals surface area contributed by atoms with Crippen LogP contribution in [-0.4, -0.2) is 7.05 Å². The Kier molecular flexibility index (Phi) is 4.47. The molecule has 0 radical (unpaired) electrons. The van der Waals surface area contributed by atoms with Gasteiger partial charge in [0.2, 0.25) is 0 Å². The highest BCUT2D eigenvalue weighted by molar-refractivity contribution is 5.53. The van der Waals surface area contributed by atoms with Gasteiger partial charge in [-0.15, -0.1) is 4.91 Å². The minimum atomic E-state index is -0.497. The van der Waals surface area contributed by atoms with Crippen molar-refractivity contribution in [3.63, 3.8) is 0 Å². The van der Waals surface area contributed by atoms with E-state index in [1.54, 1.807) is 13.0 Å². The number of hydrogen-bond acceptors (Lipinski definition) is 3. The maximum absolute atomic E-state index is 13.9. The Balaban J connectivity index is 2.25. The molecule has 0 amide bonds. The van der Waals surface area contributed by atoms with Gasteiger partial charge >= 0.3 is 0 Å². The van der Waals surface area contributed by atoms with E-state index in [1.807, 2.05) is 0 Å². The van der Waals surface area contributed by atoms with Crippen LogP contribution in [0.4, 0.5) is 14.5 Å². The van der Waals surface area contributed by atoms with Crippen molar-refractivity contribution in [2.75, 3.05) is 12.1 Å². The van der Waals surface area contributed by atoms with Crippen LogP contribution in [0.25, 0.3) is 0 Å². The maximum atomic E-state index is 13.9. The first kappa shape index (κ1) is 14.9. The first-order chi connectivity index (χ1) is 10.0. The van der Waals surface area contributed by atoms with Crippen molar-refractivity contribution in [1.29, 1.82) is 0 Å². The van der Waals surface area contributed by atoms with Crippen molar-refractivity contribution in [3.8, 4) is 5.75 Å². The summed E-state index contributed by atoms with van der Waals surface area (Å²) in [7, 11) is 1.43. The Hall–Kier alpha value is -2.50. The van der Waals surface area contributed by atoms with Gasteiger partial charge in [-0.2, -0.15) is 0 Å². The molecular weight excluding hydrogens is 278 g/mol. The number of ether oxygens (including phenoxy) is 1. The van der Waals surface area contributed by atoms with Crippen LogP contribution in [0.15, 0.2) is 41.7 Å². The second-order valence-electron chi connectivity index (χ2n) is 4.54. The summed E-state index contributed by atoms with van der Waals surface area (Å²) < 4.78 is 32.4. The quantitative estimate of drug-likeness (QED) is 0.618. The summed E-state index contributed by atoms with van der Waals surface area (Å²) in [5, 5.41) is 3.78. The number of rotatable bonds is 5. The van der Waals surface area contributed by atoms with Gasteiger partial charge in [-0.1, -0.05) is 6.07 Å². The third kappa shape index (κ3) is 3.34. The van der Waals surface area contributed by atoms with Crippen LogP contribution in [0.2, 0.25) is 0 Å². The van der Waals surface area contributed by atoms with Gasteiger partial charge in [0.1, 0.15) is 24.0 Å². The molecular formula is C15H14F2N2O2. The molecule has 0 spiro atoms. The summed E-state index contributed by atoms with van der Waals surface area (Å²) in [5.41, 5.74) is 1.14. The van der Waals surface area contributed by atoms with Gasteiger partial charge in [-0.3, -0.25) is 0 Å². The van der Waals surface area contributed by atoms with Crippen LogP contribution < -0.4 is 9.75 Å². The van der Waals surface area contributed by atoms with Gasteiger partial charge in [0.15, 0.2) is 0 Å². The molecule has 0 fully saturated rings. The number of hydrogen-bond donors (Lipinski definition) is 0. The Morgan fingerprint density at radius 2 is 2.00 bits per heavy atom. The topological polar surface area (TPSA) is 41.9 Å². The Morgan fingerprint density at radius 1 is 1.24 bits per heavy atom. The monoisotopic (exact) mass is 292 g/mol. The Labute approximate surface area is 120 Å². The van der Waals surface area contributed by atoms with Gasteiger partial charge in [0, 0.05) is 7.05 Å². The van der Waals surface area contributed by atoms with Crippen LogP contribution in [-0.2, 0) is 6.61 Å². The summed E-state index contributed by atoms with van der Waals surface area (Å²) in [5.74, 6) is -0.411. The Morgan fingerprint density at radius 3 is 2.67 bits per heavy atom. The van der Waals surface area contributed by atoms with E-state index in [1.165, 1.54) is 37.4 Å². The first-order valence-electron chi connectivity index (χ1n) is 6.26. The van der Waals surface area contributed by atoms with E-state index >= 15 is 0 Å². The number of benzene rings is 2. The molecule has 0 unspecified atom stereocenters. The molecule has 2 aromatic rings. The van der Waals surface area contributed by atoms with Crippen LogP contribution >= 0.6 is 0 Å². The molecule has 4 nitrogen and oxygen atoms in total. The fourth-order valence-corrected chi connectivity index (χ4v) is 1.96. The van der Waals surface area contributed by atoms with E-state index in [0.29, 0.717) is 17.0 Å². The summed E-state index contributed by atoms with van der Waals surface area (Å²) in [6.45, 7) is 1.61. The molecule has 0 atom stereocenters. The molecule has 21 heavy (non-hydrogen) atoms. The second kappa shape index (κ2) is 6.30. The number of nitrogens with zero attached hydrogens (tertiary/aromatic N) is 2. The average molecular weight is 292 g/mol. The van der Waals surface area contributed by atoms with Crippen LogP contribution in [0.1, 0.15) is 11.1 Å². The lowest BCUT2D eigenvalue weighted by molar-refractivity contribution is 0.297. The van der Waals surface area contributed by atoms with Crippen molar-refractivity contribution in [2.45, 2.75) is 13.5 Å². The molecule has 2 aromatic carbocycles. The van der Waals surface area contributed by atoms with E-state index in [2.05, 4.69) is 5.29 Å². The van der Waals surface area contributed by atoms with Crippen molar-refractivity contribution in [3.05, 3.63) is 64.1 Å². The van der Waals surface area contributed by atoms with E-state index in [0.717, 1.165) is 5.01 Å². The standard InChI is InChI=1S/C15H14F2N2O2/c1-10-8-11(16)6-7-15(10)21-9-12-13(17)4-3-5-14(12)19(2)18-20/h3-8H,9H2,1-2H3. The van der Waals surface area contributed by atoms with Gasteiger partial charge in [0.05, 0.1) is 16.5 Å². The number of aryl methyl sites for hydroxylation is 1. The molecule has 0 bridgehead atoms. The third-order valence-corrected chi connectivity index (χ3v) is 3.07. The molecule has 0 saturated carbocycles. The normalized spacial score (nSPS) is 10.3. The zero-order chi connectivity index (χ0) is 15.4. The minimum absolute atomic E-state index is 0.0889. The van der Waals surface area contributed by atoms with Crippen LogP contribution in [0.3, 0.4) is 0 Å².